The van der Waals surface area contributed by atoms with Gasteiger partial charge in [-0.1, -0.05) is 23.7 Å². The van der Waals surface area contributed by atoms with Gasteiger partial charge in [-0.15, -0.1) is 11.3 Å². The first-order valence-corrected chi connectivity index (χ1v) is 10.4. The molecule has 2 aromatic carbocycles. The molecule has 1 heterocycles. The van der Waals surface area contributed by atoms with Gasteiger partial charge < -0.3 is 9.64 Å². The smallest absolute Gasteiger partial charge is 0.270 e. The van der Waals surface area contributed by atoms with Crippen LogP contribution in [0.15, 0.2) is 48.5 Å². The van der Waals surface area contributed by atoms with Crippen molar-refractivity contribution < 1.29 is 9.53 Å². The molecule has 0 unspecified atom stereocenters. The van der Waals surface area contributed by atoms with Crippen molar-refractivity contribution in [1.82, 2.24) is 4.98 Å². The Morgan fingerprint density at radius 2 is 1.90 bits per heavy atom. The lowest BCUT2D eigenvalue weighted by Crippen LogP contribution is -2.31. The Morgan fingerprint density at radius 3 is 2.52 bits per heavy atom. The summed E-state index contributed by atoms with van der Waals surface area (Å²) in [6.07, 6.45) is 0.237. The lowest BCUT2D eigenvalue weighted by molar-refractivity contribution is 0.0990. The molecule has 1 aromatic heterocycles. The van der Waals surface area contributed by atoms with E-state index in [1.54, 1.807) is 17.0 Å². The van der Waals surface area contributed by atoms with Crippen LogP contribution in [0.2, 0.25) is 5.02 Å². The number of hydrogen-bond acceptors (Lipinski definition) is 5. The Hall–Kier alpha value is -2.88. The summed E-state index contributed by atoms with van der Waals surface area (Å²) >= 11 is 7.30. The molecule has 3 rings (SSSR count). The molecule has 0 bridgehead atoms. The number of rotatable bonds is 7. The highest BCUT2D eigenvalue weighted by Crippen LogP contribution is 2.31. The first-order valence-electron chi connectivity index (χ1n) is 9.18. The van der Waals surface area contributed by atoms with Crippen LogP contribution in [0.1, 0.15) is 28.7 Å². The summed E-state index contributed by atoms with van der Waals surface area (Å²) in [5, 5.41) is 10.4. The van der Waals surface area contributed by atoms with E-state index < -0.39 is 0 Å². The number of amides is 1. The number of hydrogen-bond donors (Lipinski definition) is 0. The first-order chi connectivity index (χ1) is 14.0. The molecule has 0 fully saturated rings. The minimum atomic E-state index is -0.167. The number of nitriles is 1. The highest BCUT2D eigenvalue weighted by atomic mass is 35.5. The Bertz CT molecular complexity index is 1020. The van der Waals surface area contributed by atoms with Crippen LogP contribution >= 0.6 is 22.9 Å². The number of aryl methyl sites for hydroxylation is 1. The van der Waals surface area contributed by atoms with Gasteiger partial charge in [0.1, 0.15) is 15.6 Å². The second-order valence-corrected chi connectivity index (χ2v) is 7.67. The van der Waals surface area contributed by atoms with Crippen LogP contribution in [0.3, 0.4) is 0 Å². The molecule has 0 saturated carbocycles. The van der Waals surface area contributed by atoms with Crippen LogP contribution in [0.5, 0.6) is 5.75 Å². The molecule has 0 radical (unpaired) electrons. The molecule has 0 spiro atoms. The van der Waals surface area contributed by atoms with Crippen molar-refractivity contribution in [2.75, 3.05) is 18.1 Å². The second-order valence-electron chi connectivity index (χ2n) is 6.23. The molecule has 1 amide bonds. The number of ether oxygens (including phenoxy) is 1. The quantitative estimate of drug-likeness (QED) is 0.484. The maximum Gasteiger partial charge on any atom is 0.270 e. The van der Waals surface area contributed by atoms with Gasteiger partial charge in [0.25, 0.3) is 5.91 Å². The van der Waals surface area contributed by atoms with E-state index in [2.05, 4.69) is 11.1 Å². The predicted molar refractivity (Wildman–Crippen MR) is 117 cm³/mol. The van der Waals surface area contributed by atoms with Crippen LogP contribution < -0.4 is 9.64 Å². The van der Waals surface area contributed by atoms with E-state index >= 15 is 0 Å². The highest BCUT2D eigenvalue weighted by Gasteiger charge is 2.23. The van der Waals surface area contributed by atoms with Gasteiger partial charge in [0.05, 0.1) is 24.8 Å². The molecular formula is C22H20ClN3O2S. The summed E-state index contributed by atoms with van der Waals surface area (Å²) < 4.78 is 5.47. The largest absolute Gasteiger partial charge is 0.494 e. The van der Waals surface area contributed by atoms with Crippen molar-refractivity contribution >= 4 is 34.5 Å². The third kappa shape index (κ3) is 4.94. The normalized spacial score (nSPS) is 10.4. The number of carbonyl (C=O) groups is 1. The SMILES string of the molecule is CCOc1ccc(N(CCC#N)C(=O)c2sc(-c3ccc(Cl)cc3)nc2C)cc1. The number of carbonyl (C=O) groups excluding carboxylic acids is 1. The molecule has 0 aliphatic rings. The van der Waals surface area contributed by atoms with E-state index in [-0.39, 0.29) is 12.3 Å². The van der Waals surface area contributed by atoms with Gasteiger partial charge in [-0.25, -0.2) is 4.98 Å². The number of benzene rings is 2. The Balaban J connectivity index is 1.91. The summed E-state index contributed by atoms with van der Waals surface area (Å²) in [4.78, 5) is 20.1. The first kappa shape index (κ1) is 20.8. The molecule has 7 heteroatoms. The van der Waals surface area contributed by atoms with E-state index in [4.69, 9.17) is 21.6 Å². The third-order valence-electron chi connectivity index (χ3n) is 4.23. The second kappa shape index (κ2) is 9.55. The van der Waals surface area contributed by atoms with Gasteiger partial charge in [-0.2, -0.15) is 5.26 Å². The van der Waals surface area contributed by atoms with Crippen LogP contribution in [0.25, 0.3) is 10.6 Å². The number of anilines is 1. The number of halogens is 1. The van der Waals surface area contributed by atoms with Crippen molar-refractivity contribution in [2.24, 2.45) is 0 Å². The van der Waals surface area contributed by atoms with Crippen LogP contribution in [-0.4, -0.2) is 24.0 Å². The van der Waals surface area contributed by atoms with Crippen molar-refractivity contribution in [3.63, 3.8) is 0 Å². The summed E-state index contributed by atoms with van der Waals surface area (Å²) in [6, 6.07) is 16.8. The molecule has 0 atom stereocenters. The zero-order valence-corrected chi connectivity index (χ0v) is 17.8. The van der Waals surface area contributed by atoms with Crippen molar-refractivity contribution in [2.45, 2.75) is 20.3 Å². The predicted octanol–water partition coefficient (Wildman–Crippen LogP) is 5.73. The van der Waals surface area contributed by atoms with Gasteiger partial charge in [0.2, 0.25) is 0 Å². The fourth-order valence-corrected chi connectivity index (χ4v) is 3.98. The van der Waals surface area contributed by atoms with Crippen molar-refractivity contribution in [3.8, 4) is 22.4 Å². The highest BCUT2D eigenvalue weighted by molar-refractivity contribution is 7.17. The molecule has 148 valence electrons. The average molecular weight is 426 g/mol. The summed E-state index contributed by atoms with van der Waals surface area (Å²) in [7, 11) is 0. The van der Waals surface area contributed by atoms with E-state index in [1.807, 2.05) is 50.2 Å². The monoisotopic (exact) mass is 425 g/mol. The molecule has 0 saturated heterocycles. The summed E-state index contributed by atoms with van der Waals surface area (Å²) in [5.41, 5.74) is 2.29. The zero-order chi connectivity index (χ0) is 20.8. The van der Waals surface area contributed by atoms with Gasteiger partial charge in [0.15, 0.2) is 0 Å². The van der Waals surface area contributed by atoms with Crippen LogP contribution in [-0.2, 0) is 0 Å². The lowest BCUT2D eigenvalue weighted by Gasteiger charge is -2.21. The van der Waals surface area contributed by atoms with Crippen LogP contribution in [0, 0.1) is 18.3 Å². The molecule has 0 aliphatic heterocycles. The molecule has 0 aliphatic carbocycles. The Kier molecular flexibility index (Phi) is 6.86. The minimum absolute atomic E-state index is 0.167. The minimum Gasteiger partial charge on any atom is -0.494 e. The molecule has 5 nitrogen and oxygen atoms in total. The van der Waals surface area contributed by atoms with Gasteiger partial charge in [-0.3, -0.25) is 4.79 Å². The van der Waals surface area contributed by atoms with Crippen molar-refractivity contribution in [3.05, 3.63) is 64.1 Å². The molecule has 0 N–H and O–H groups in total. The number of thiazole rings is 1. The Labute approximate surface area is 179 Å². The summed E-state index contributed by atoms with van der Waals surface area (Å²) in [6.45, 7) is 4.62. The molecule has 3 aromatic rings. The van der Waals surface area contributed by atoms with E-state index in [0.717, 1.165) is 22.0 Å². The van der Waals surface area contributed by atoms with Gasteiger partial charge in [0, 0.05) is 22.8 Å². The van der Waals surface area contributed by atoms with E-state index in [9.17, 15) is 4.79 Å². The fourth-order valence-electron chi connectivity index (χ4n) is 2.83. The van der Waals surface area contributed by atoms with Gasteiger partial charge >= 0.3 is 0 Å². The maximum atomic E-state index is 13.3. The fraction of sp³-hybridized carbons (Fsp3) is 0.227. The maximum absolute atomic E-state index is 13.3. The molecule has 29 heavy (non-hydrogen) atoms. The lowest BCUT2D eigenvalue weighted by atomic mass is 10.2. The average Bonchev–Trinajstić information content (AvgIpc) is 3.11. The van der Waals surface area contributed by atoms with Crippen molar-refractivity contribution in [1.29, 1.82) is 5.26 Å². The third-order valence-corrected chi connectivity index (χ3v) is 5.68. The topological polar surface area (TPSA) is 66.2 Å². The Morgan fingerprint density at radius 1 is 1.21 bits per heavy atom. The number of nitrogens with zero attached hydrogens (tertiary/aromatic N) is 3. The number of aromatic nitrogens is 1. The van der Waals surface area contributed by atoms with Crippen LogP contribution in [0.4, 0.5) is 5.69 Å². The van der Waals surface area contributed by atoms with Gasteiger partial charge in [-0.05, 0) is 50.2 Å². The summed E-state index contributed by atoms with van der Waals surface area (Å²) in [5.74, 6) is 0.572. The molecular weight excluding hydrogens is 406 g/mol. The van der Waals surface area contributed by atoms with E-state index in [1.165, 1.54) is 11.3 Å². The zero-order valence-electron chi connectivity index (χ0n) is 16.2. The van der Waals surface area contributed by atoms with E-state index in [0.29, 0.717) is 28.7 Å². The standard InChI is InChI=1S/C22H20ClN3O2S/c1-3-28-19-11-9-18(10-12-19)26(14-4-13-24)22(27)20-15(2)25-21(29-20)16-5-7-17(23)8-6-16/h5-12H,3-4,14H2,1-2H3.